The molecule has 0 aliphatic heterocycles. The molecule has 1 fully saturated rings. The molecule has 3 atom stereocenters. The van der Waals surface area contributed by atoms with E-state index in [-0.39, 0.29) is 6.04 Å². The van der Waals surface area contributed by atoms with Crippen LogP contribution in [0, 0.1) is 11.8 Å². The van der Waals surface area contributed by atoms with E-state index in [2.05, 4.69) is 24.5 Å². The summed E-state index contributed by atoms with van der Waals surface area (Å²) in [5.74, 6) is -1.19. The van der Waals surface area contributed by atoms with E-state index in [4.69, 9.17) is 10.8 Å². The highest BCUT2D eigenvalue weighted by molar-refractivity contribution is 5.87. The van der Waals surface area contributed by atoms with Crippen molar-refractivity contribution in [3.8, 4) is 0 Å². The molecule has 1 aliphatic rings. The summed E-state index contributed by atoms with van der Waals surface area (Å²) in [6.07, 6.45) is 3.75. The van der Waals surface area contributed by atoms with E-state index in [0.29, 0.717) is 11.8 Å². The molecular formula is C14H25N3O4. The van der Waals surface area contributed by atoms with Gasteiger partial charge < -0.3 is 21.5 Å². The molecule has 0 bridgehead atoms. The van der Waals surface area contributed by atoms with Gasteiger partial charge >= 0.3 is 12.0 Å². The Morgan fingerprint density at radius 2 is 1.86 bits per heavy atom. The van der Waals surface area contributed by atoms with Crippen LogP contribution in [0.5, 0.6) is 0 Å². The molecule has 1 saturated carbocycles. The quantitative estimate of drug-likeness (QED) is 0.580. The molecule has 1 aliphatic carbocycles. The number of primary amides is 1. The van der Waals surface area contributed by atoms with Crippen molar-refractivity contribution in [1.82, 2.24) is 10.6 Å². The monoisotopic (exact) mass is 299 g/mol. The second kappa shape index (κ2) is 7.85. The van der Waals surface area contributed by atoms with Crippen LogP contribution in [0.1, 0.15) is 46.0 Å². The lowest BCUT2D eigenvalue weighted by Gasteiger charge is -2.35. The van der Waals surface area contributed by atoms with Crippen molar-refractivity contribution >= 4 is 17.9 Å². The molecule has 0 radical (unpaired) electrons. The van der Waals surface area contributed by atoms with Crippen LogP contribution in [0.2, 0.25) is 0 Å². The van der Waals surface area contributed by atoms with Crippen LogP contribution in [0.15, 0.2) is 0 Å². The second-order valence-corrected chi connectivity index (χ2v) is 5.98. The number of carbonyl (C=O) groups is 3. The first-order chi connectivity index (χ1) is 9.81. The van der Waals surface area contributed by atoms with E-state index >= 15 is 0 Å². The van der Waals surface area contributed by atoms with Crippen LogP contribution in [0.4, 0.5) is 4.79 Å². The minimum Gasteiger partial charge on any atom is -0.480 e. The molecule has 7 heteroatoms. The van der Waals surface area contributed by atoms with Crippen molar-refractivity contribution in [2.75, 3.05) is 0 Å². The maximum Gasteiger partial charge on any atom is 0.326 e. The molecule has 5 N–H and O–H groups in total. The number of nitrogens with two attached hydrogens (primary N) is 1. The van der Waals surface area contributed by atoms with Gasteiger partial charge in [0.05, 0.1) is 6.42 Å². The number of carboxylic acid groups (broad SMARTS) is 1. The van der Waals surface area contributed by atoms with Crippen molar-refractivity contribution in [3.63, 3.8) is 0 Å². The normalized spacial score (nSPS) is 23.4. The number of hydrogen-bond acceptors (Lipinski definition) is 3. The van der Waals surface area contributed by atoms with Gasteiger partial charge in [-0.25, -0.2) is 9.59 Å². The van der Waals surface area contributed by atoms with E-state index in [1.807, 2.05) is 0 Å². The third-order valence-electron chi connectivity index (χ3n) is 4.00. The topological polar surface area (TPSA) is 122 Å². The Balaban J connectivity index is 2.57. The fourth-order valence-electron chi connectivity index (χ4n) is 2.91. The first kappa shape index (κ1) is 17.3. The van der Waals surface area contributed by atoms with Gasteiger partial charge in [0, 0.05) is 6.04 Å². The molecule has 1 rings (SSSR count). The highest BCUT2D eigenvalue weighted by Crippen LogP contribution is 2.30. The van der Waals surface area contributed by atoms with Gasteiger partial charge in [0.1, 0.15) is 6.04 Å². The number of rotatable bonds is 6. The summed E-state index contributed by atoms with van der Waals surface area (Å²) in [6, 6.07) is -1.80. The minimum absolute atomic E-state index is 0.0433. The molecule has 0 saturated heterocycles. The van der Waals surface area contributed by atoms with Crippen molar-refractivity contribution in [2.45, 2.75) is 58.0 Å². The van der Waals surface area contributed by atoms with E-state index in [1.165, 1.54) is 0 Å². The standard InChI is InChI=1S/C14H25N3O4/c1-8(2)9-5-3-4-6-10(9)16-14(21)17-11(13(19)20)7-12(15)18/h8-11H,3-7H2,1-2H3,(H2,15,18)(H,19,20)(H2,16,17,21)/t9?,10?,11-/m1/s1. The number of carboxylic acids is 1. The number of carbonyl (C=O) groups excluding carboxylic acids is 2. The average Bonchev–Trinajstić information content (AvgIpc) is 2.37. The largest absolute Gasteiger partial charge is 0.480 e. The summed E-state index contributed by atoms with van der Waals surface area (Å²) in [4.78, 5) is 33.7. The highest BCUT2D eigenvalue weighted by Gasteiger charge is 2.30. The third kappa shape index (κ3) is 5.61. The van der Waals surface area contributed by atoms with Crippen LogP contribution in [-0.2, 0) is 9.59 Å². The molecule has 7 nitrogen and oxygen atoms in total. The van der Waals surface area contributed by atoms with Gasteiger partial charge in [-0.05, 0) is 24.7 Å². The molecule has 0 aromatic rings. The maximum atomic E-state index is 11.9. The molecule has 21 heavy (non-hydrogen) atoms. The fourth-order valence-corrected chi connectivity index (χ4v) is 2.91. The summed E-state index contributed by atoms with van der Waals surface area (Å²) >= 11 is 0. The van der Waals surface area contributed by atoms with Gasteiger partial charge in [0.15, 0.2) is 0 Å². The second-order valence-electron chi connectivity index (χ2n) is 5.98. The molecule has 120 valence electrons. The fraction of sp³-hybridized carbons (Fsp3) is 0.786. The van der Waals surface area contributed by atoms with Crippen LogP contribution in [0.25, 0.3) is 0 Å². The number of aliphatic carboxylic acids is 1. The Morgan fingerprint density at radius 3 is 2.38 bits per heavy atom. The zero-order chi connectivity index (χ0) is 16.0. The van der Waals surface area contributed by atoms with Gasteiger partial charge in [0.2, 0.25) is 5.91 Å². The lowest BCUT2D eigenvalue weighted by molar-refractivity contribution is -0.140. The molecule has 0 heterocycles. The first-order valence-corrected chi connectivity index (χ1v) is 7.39. The molecular weight excluding hydrogens is 274 g/mol. The molecule has 0 aromatic carbocycles. The smallest absolute Gasteiger partial charge is 0.326 e. The van der Waals surface area contributed by atoms with Crippen LogP contribution in [-0.4, -0.2) is 35.1 Å². The van der Waals surface area contributed by atoms with E-state index in [0.717, 1.165) is 25.7 Å². The van der Waals surface area contributed by atoms with Crippen molar-refractivity contribution < 1.29 is 19.5 Å². The van der Waals surface area contributed by atoms with Crippen LogP contribution < -0.4 is 16.4 Å². The summed E-state index contributed by atoms with van der Waals surface area (Å²) < 4.78 is 0. The van der Waals surface area contributed by atoms with E-state index in [9.17, 15) is 14.4 Å². The summed E-state index contributed by atoms with van der Waals surface area (Å²) in [5.41, 5.74) is 4.98. The van der Waals surface area contributed by atoms with Gasteiger partial charge in [-0.3, -0.25) is 4.79 Å². The number of nitrogens with one attached hydrogen (secondary N) is 2. The van der Waals surface area contributed by atoms with Crippen molar-refractivity contribution in [3.05, 3.63) is 0 Å². The van der Waals surface area contributed by atoms with Gasteiger partial charge in [-0.15, -0.1) is 0 Å². The number of amides is 3. The Kier molecular flexibility index (Phi) is 6.45. The summed E-state index contributed by atoms with van der Waals surface area (Å²) in [7, 11) is 0. The van der Waals surface area contributed by atoms with Crippen molar-refractivity contribution in [1.29, 1.82) is 0 Å². The minimum atomic E-state index is -1.29. The van der Waals surface area contributed by atoms with E-state index < -0.39 is 30.4 Å². The predicted octanol–water partition coefficient (Wildman–Crippen LogP) is 0.829. The number of urea groups is 1. The van der Waals surface area contributed by atoms with Gasteiger partial charge in [-0.2, -0.15) is 0 Å². The average molecular weight is 299 g/mol. The highest BCUT2D eigenvalue weighted by atomic mass is 16.4. The Bertz CT molecular complexity index is 398. The Labute approximate surface area is 124 Å². The summed E-state index contributed by atoms with van der Waals surface area (Å²) in [5, 5.41) is 14.1. The van der Waals surface area contributed by atoms with Gasteiger partial charge in [0.25, 0.3) is 0 Å². The zero-order valence-corrected chi connectivity index (χ0v) is 12.6. The first-order valence-electron chi connectivity index (χ1n) is 7.39. The Morgan fingerprint density at radius 1 is 1.24 bits per heavy atom. The van der Waals surface area contributed by atoms with Crippen LogP contribution in [0.3, 0.4) is 0 Å². The zero-order valence-electron chi connectivity index (χ0n) is 12.6. The molecule has 0 aromatic heterocycles. The third-order valence-corrected chi connectivity index (χ3v) is 4.00. The van der Waals surface area contributed by atoms with Crippen LogP contribution >= 0.6 is 0 Å². The maximum absolute atomic E-state index is 11.9. The van der Waals surface area contributed by atoms with E-state index in [1.54, 1.807) is 0 Å². The summed E-state index contributed by atoms with van der Waals surface area (Å²) in [6.45, 7) is 4.24. The predicted molar refractivity (Wildman–Crippen MR) is 77.5 cm³/mol. The van der Waals surface area contributed by atoms with Gasteiger partial charge in [-0.1, -0.05) is 26.7 Å². The number of hydrogen-bond donors (Lipinski definition) is 4. The molecule has 0 spiro atoms. The Hall–Kier alpha value is -1.79. The SMILES string of the molecule is CC(C)C1CCCCC1NC(=O)N[C@H](CC(N)=O)C(=O)O. The van der Waals surface area contributed by atoms with Crippen molar-refractivity contribution in [2.24, 2.45) is 17.6 Å². The lowest BCUT2D eigenvalue weighted by Crippen LogP contribution is -2.52. The molecule has 2 unspecified atom stereocenters. The molecule has 3 amide bonds. The lowest BCUT2D eigenvalue weighted by atomic mass is 9.78.